The third-order valence-electron chi connectivity index (χ3n) is 9.66. The number of benzene rings is 1. The maximum absolute atomic E-state index is 5.80. The average molecular weight is 531 g/mol. The number of hydrogen-bond donors (Lipinski definition) is 0. The second-order valence-electron chi connectivity index (χ2n) is 12.0. The van der Waals surface area contributed by atoms with Gasteiger partial charge in [0, 0.05) is 14.2 Å². The minimum Gasteiger partial charge on any atom is -0.378 e. The van der Waals surface area contributed by atoms with E-state index in [2.05, 4.69) is 52.0 Å². The monoisotopic (exact) mass is 531 g/mol. The molecule has 0 radical (unpaired) electrons. The van der Waals surface area contributed by atoms with Gasteiger partial charge in [-0.3, -0.25) is 0 Å². The van der Waals surface area contributed by atoms with Crippen molar-refractivity contribution in [1.82, 2.24) is 0 Å². The van der Waals surface area contributed by atoms with Crippen molar-refractivity contribution < 1.29 is 9.47 Å². The van der Waals surface area contributed by atoms with E-state index in [0.29, 0.717) is 0 Å². The third-order valence-corrected chi connectivity index (χ3v) is 9.66. The molecule has 0 aromatic heterocycles. The van der Waals surface area contributed by atoms with Crippen LogP contribution in [0.3, 0.4) is 0 Å². The summed E-state index contributed by atoms with van der Waals surface area (Å²) in [5, 5.41) is 0. The summed E-state index contributed by atoms with van der Waals surface area (Å²) in [6, 6.07) is 9.52. The van der Waals surface area contributed by atoms with Crippen LogP contribution in [0.5, 0.6) is 0 Å². The van der Waals surface area contributed by atoms with E-state index in [1.807, 2.05) is 14.2 Å². The summed E-state index contributed by atoms with van der Waals surface area (Å²) in [6.45, 7) is 9.05. The fourth-order valence-electron chi connectivity index (χ4n) is 6.18. The van der Waals surface area contributed by atoms with Gasteiger partial charge in [0.15, 0.2) is 0 Å². The van der Waals surface area contributed by atoms with Crippen LogP contribution >= 0.6 is 0 Å². The topological polar surface area (TPSA) is 18.5 Å². The highest BCUT2D eigenvalue weighted by molar-refractivity contribution is 5.22. The van der Waals surface area contributed by atoms with Crippen molar-refractivity contribution in [3.05, 3.63) is 35.4 Å². The molecule has 1 rings (SSSR count). The molecule has 0 atom stereocenters. The van der Waals surface area contributed by atoms with Gasteiger partial charge in [0.05, 0.1) is 11.2 Å². The molecule has 0 aliphatic carbocycles. The van der Waals surface area contributed by atoms with Crippen LogP contribution in [0.1, 0.15) is 167 Å². The lowest BCUT2D eigenvalue weighted by Crippen LogP contribution is -2.29. The van der Waals surface area contributed by atoms with Crippen LogP contribution in [-0.2, 0) is 22.3 Å². The first-order valence-electron chi connectivity index (χ1n) is 16.7. The fraction of sp³-hybridized carbons (Fsp3) is 0.833. The molecule has 0 amide bonds. The van der Waals surface area contributed by atoms with E-state index >= 15 is 0 Å². The molecule has 0 saturated carbocycles. The fourth-order valence-corrected chi connectivity index (χ4v) is 6.18. The van der Waals surface area contributed by atoms with Crippen LogP contribution in [0.2, 0.25) is 0 Å². The molecule has 0 unspecified atom stereocenters. The highest BCUT2D eigenvalue weighted by Gasteiger charge is 2.25. The lowest BCUT2D eigenvalue weighted by Gasteiger charge is -2.30. The Hall–Kier alpha value is -0.860. The van der Waals surface area contributed by atoms with Gasteiger partial charge in [-0.25, -0.2) is 0 Å². The summed E-state index contributed by atoms with van der Waals surface area (Å²) >= 11 is 0. The van der Waals surface area contributed by atoms with Gasteiger partial charge in [0.2, 0.25) is 0 Å². The summed E-state index contributed by atoms with van der Waals surface area (Å²) in [4.78, 5) is 0. The molecule has 0 saturated heterocycles. The first kappa shape index (κ1) is 35.2. The first-order chi connectivity index (χ1) is 18.5. The Kier molecular flexibility index (Phi) is 20.3. The second kappa shape index (κ2) is 21.9. The molecule has 0 aliphatic heterocycles. The number of unbranched alkanes of at least 4 members (excludes halogenated alkanes) is 12. The smallest absolute Gasteiger partial charge is 0.0673 e. The highest BCUT2D eigenvalue weighted by atomic mass is 16.5. The number of methoxy groups -OCH3 is 2. The minimum absolute atomic E-state index is 0.136. The van der Waals surface area contributed by atoms with Gasteiger partial charge >= 0.3 is 0 Å². The molecule has 222 valence electrons. The van der Waals surface area contributed by atoms with Gasteiger partial charge in [0.25, 0.3) is 0 Å². The van der Waals surface area contributed by atoms with Crippen LogP contribution in [0, 0.1) is 0 Å². The Bertz CT molecular complexity index is 568. The largest absolute Gasteiger partial charge is 0.378 e. The van der Waals surface area contributed by atoms with Crippen molar-refractivity contribution in [2.75, 3.05) is 14.2 Å². The Balaban J connectivity index is 2.00. The molecule has 38 heavy (non-hydrogen) atoms. The van der Waals surface area contributed by atoms with Gasteiger partial charge in [-0.2, -0.15) is 0 Å². The summed E-state index contributed by atoms with van der Waals surface area (Å²) in [6.07, 6.45) is 28.6. The van der Waals surface area contributed by atoms with Crippen LogP contribution in [-0.4, -0.2) is 25.4 Å². The van der Waals surface area contributed by atoms with Gasteiger partial charge in [-0.1, -0.05) is 129 Å². The molecule has 0 spiro atoms. The van der Waals surface area contributed by atoms with Crippen LogP contribution in [0.4, 0.5) is 0 Å². The number of hydrogen-bond acceptors (Lipinski definition) is 2. The zero-order valence-electron chi connectivity index (χ0n) is 26.7. The van der Waals surface area contributed by atoms with Crippen molar-refractivity contribution in [3.8, 4) is 0 Å². The molecule has 1 aromatic carbocycles. The maximum Gasteiger partial charge on any atom is 0.0673 e. The molecule has 1 aromatic rings. The molecule has 2 heteroatoms. The molecule has 2 nitrogen and oxygen atoms in total. The van der Waals surface area contributed by atoms with Gasteiger partial charge < -0.3 is 9.47 Å². The summed E-state index contributed by atoms with van der Waals surface area (Å²) in [7, 11) is 3.77. The predicted molar refractivity (Wildman–Crippen MR) is 168 cm³/mol. The molecular formula is C36H66O2. The van der Waals surface area contributed by atoms with Crippen molar-refractivity contribution in [2.45, 2.75) is 180 Å². The van der Waals surface area contributed by atoms with Gasteiger partial charge in [0.1, 0.15) is 0 Å². The molecule has 0 aliphatic rings. The highest BCUT2D eigenvalue weighted by Crippen LogP contribution is 2.28. The van der Waals surface area contributed by atoms with E-state index in [1.165, 1.54) is 127 Å². The quantitative estimate of drug-likeness (QED) is 0.111. The van der Waals surface area contributed by atoms with E-state index in [0.717, 1.165) is 25.7 Å². The van der Waals surface area contributed by atoms with E-state index in [4.69, 9.17) is 9.47 Å². The lowest BCUT2D eigenvalue weighted by atomic mass is 9.90. The molecule has 0 fully saturated rings. The minimum atomic E-state index is 0.136. The SMILES string of the molecule is CCC(CC)(CCCCCCCCCc1ccc(CCCCCCCCCC(CC)(CC)OC)cc1)OC. The van der Waals surface area contributed by atoms with Crippen molar-refractivity contribution in [1.29, 1.82) is 0 Å². The zero-order valence-corrected chi connectivity index (χ0v) is 26.7. The second-order valence-corrected chi connectivity index (χ2v) is 12.0. The Labute approximate surface area is 239 Å². The summed E-state index contributed by atoms with van der Waals surface area (Å²) in [5.41, 5.74) is 3.31. The van der Waals surface area contributed by atoms with E-state index in [9.17, 15) is 0 Å². The Morgan fingerprint density at radius 2 is 0.684 bits per heavy atom. The normalized spacial score (nSPS) is 12.4. The van der Waals surface area contributed by atoms with Crippen LogP contribution in [0.15, 0.2) is 24.3 Å². The molecule has 0 N–H and O–H groups in total. The van der Waals surface area contributed by atoms with E-state index < -0.39 is 0 Å². The van der Waals surface area contributed by atoms with Gasteiger partial charge in [-0.05, 0) is 75.3 Å². The van der Waals surface area contributed by atoms with Crippen molar-refractivity contribution in [3.63, 3.8) is 0 Å². The number of rotatable bonds is 26. The summed E-state index contributed by atoms with van der Waals surface area (Å²) < 4.78 is 11.6. The summed E-state index contributed by atoms with van der Waals surface area (Å²) in [5.74, 6) is 0. The molecular weight excluding hydrogens is 464 g/mol. The Morgan fingerprint density at radius 3 is 0.947 bits per heavy atom. The lowest BCUT2D eigenvalue weighted by molar-refractivity contribution is -0.0256. The van der Waals surface area contributed by atoms with E-state index in [-0.39, 0.29) is 11.2 Å². The van der Waals surface area contributed by atoms with Crippen LogP contribution < -0.4 is 0 Å². The first-order valence-corrected chi connectivity index (χ1v) is 16.7. The molecule has 0 bridgehead atoms. The third kappa shape index (κ3) is 14.5. The van der Waals surface area contributed by atoms with Crippen LogP contribution in [0.25, 0.3) is 0 Å². The number of ether oxygens (including phenoxy) is 2. The van der Waals surface area contributed by atoms with Crippen molar-refractivity contribution in [2.24, 2.45) is 0 Å². The maximum atomic E-state index is 5.80. The van der Waals surface area contributed by atoms with Gasteiger partial charge in [-0.15, -0.1) is 0 Å². The number of aryl methyl sites for hydroxylation is 2. The standard InChI is InChI=1S/C36H66O2/c1-7-35(8-2,37-5)31-23-19-15-11-13-17-21-25-33-27-29-34(30-28-33)26-22-18-14-12-16-20-24-32-36(9-3,10-4)38-6/h27-30H,7-26,31-32H2,1-6H3. The molecule has 0 heterocycles. The van der Waals surface area contributed by atoms with E-state index in [1.54, 1.807) is 0 Å². The van der Waals surface area contributed by atoms with Crippen molar-refractivity contribution >= 4 is 0 Å². The zero-order chi connectivity index (χ0) is 28.0. The average Bonchev–Trinajstić information content (AvgIpc) is 2.96. The predicted octanol–water partition coefficient (Wildman–Crippen LogP) is 11.4. The Morgan fingerprint density at radius 1 is 0.421 bits per heavy atom.